The molecule has 0 spiro atoms. The number of hydrogen-bond acceptors (Lipinski definition) is 6. The fourth-order valence-electron chi connectivity index (χ4n) is 0.962. The van der Waals surface area contributed by atoms with E-state index in [1.807, 2.05) is 0 Å². The molecule has 1 aliphatic rings. The van der Waals surface area contributed by atoms with Crippen LogP contribution in [0.1, 0.15) is 0 Å². The Bertz CT molecular complexity index is 183. The Morgan fingerprint density at radius 1 is 1.42 bits per heavy atom. The summed E-state index contributed by atoms with van der Waals surface area (Å²) in [5.41, 5.74) is 0. The summed E-state index contributed by atoms with van der Waals surface area (Å²) >= 11 is 0. The number of aliphatic hydroxyl groups excluding tert-OH is 3. The SMILES string of the molecule is O=C[C@@]1(O)OC[C@H](O)[C@@H](O)[C@@H]1O. The molecule has 6 nitrogen and oxygen atoms in total. The second kappa shape index (κ2) is 3.08. The van der Waals surface area contributed by atoms with Gasteiger partial charge in [-0.3, -0.25) is 4.79 Å². The normalized spacial score (nSPS) is 48.8. The van der Waals surface area contributed by atoms with Crippen LogP contribution in [-0.4, -0.2) is 57.4 Å². The standard InChI is InChI=1S/C6H10O6/c7-2-6(11)5(10)4(9)3(8)1-12-6/h2-5,8-11H,1H2/t3-,4+,5-,6+/m0/s1. The monoisotopic (exact) mass is 178 g/mol. The predicted octanol–water partition coefficient (Wildman–Crippen LogP) is -3.01. The van der Waals surface area contributed by atoms with Gasteiger partial charge in [0.25, 0.3) is 5.79 Å². The third kappa shape index (κ3) is 1.35. The zero-order chi connectivity index (χ0) is 9.35. The molecule has 1 heterocycles. The molecular formula is C6H10O6. The molecule has 1 fully saturated rings. The molecular weight excluding hydrogens is 168 g/mol. The first kappa shape index (κ1) is 9.56. The Labute approximate surface area is 68.0 Å². The van der Waals surface area contributed by atoms with E-state index in [1.165, 1.54) is 0 Å². The number of aliphatic hydroxyl groups is 4. The first-order valence-electron chi connectivity index (χ1n) is 3.38. The summed E-state index contributed by atoms with van der Waals surface area (Å²) in [6.45, 7) is -0.395. The second-order valence-electron chi connectivity index (χ2n) is 2.68. The van der Waals surface area contributed by atoms with Gasteiger partial charge in [-0.25, -0.2) is 0 Å². The van der Waals surface area contributed by atoms with Gasteiger partial charge < -0.3 is 25.2 Å². The molecule has 0 bridgehead atoms. The van der Waals surface area contributed by atoms with Crippen molar-refractivity contribution in [1.82, 2.24) is 0 Å². The van der Waals surface area contributed by atoms with E-state index in [0.29, 0.717) is 0 Å². The Hall–Kier alpha value is -0.530. The molecule has 0 saturated carbocycles. The van der Waals surface area contributed by atoms with Crippen LogP contribution in [0.3, 0.4) is 0 Å². The van der Waals surface area contributed by atoms with Gasteiger partial charge in [0.1, 0.15) is 18.3 Å². The average Bonchev–Trinajstić information content (AvgIpc) is 2.09. The van der Waals surface area contributed by atoms with Crippen LogP contribution in [0.25, 0.3) is 0 Å². The second-order valence-corrected chi connectivity index (χ2v) is 2.68. The van der Waals surface area contributed by atoms with E-state index >= 15 is 0 Å². The highest BCUT2D eigenvalue weighted by Gasteiger charge is 2.48. The molecule has 0 amide bonds. The smallest absolute Gasteiger partial charge is 0.253 e. The van der Waals surface area contributed by atoms with E-state index in [-0.39, 0.29) is 6.29 Å². The maximum atomic E-state index is 10.2. The van der Waals surface area contributed by atoms with Crippen LogP contribution in [0.2, 0.25) is 0 Å². The Morgan fingerprint density at radius 3 is 2.50 bits per heavy atom. The van der Waals surface area contributed by atoms with Crippen molar-refractivity contribution in [1.29, 1.82) is 0 Å². The summed E-state index contributed by atoms with van der Waals surface area (Å²) < 4.78 is 4.44. The van der Waals surface area contributed by atoms with E-state index in [0.717, 1.165) is 0 Å². The highest BCUT2D eigenvalue weighted by atomic mass is 16.7. The fraction of sp³-hybridized carbons (Fsp3) is 0.833. The first-order valence-corrected chi connectivity index (χ1v) is 3.38. The largest absolute Gasteiger partial charge is 0.388 e. The summed E-state index contributed by atoms with van der Waals surface area (Å²) in [6.07, 6.45) is -4.71. The molecule has 70 valence electrons. The van der Waals surface area contributed by atoms with Crippen LogP contribution < -0.4 is 0 Å². The van der Waals surface area contributed by atoms with Crippen molar-refractivity contribution in [2.45, 2.75) is 24.1 Å². The Kier molecular flexibility index (Phi) is 2.45. The Balaban J connectivity index is 2.77. The van der Waals surface area contributed by atoms with Crippen LogP contribution >= 0.6 is 0 Å². The lowest BCUT2D eigenvalue weighted by atomic mass is 9.98. The lowest BCUT2D eigenvalue weighted by Crippen LogP contribution is -2.61. The van der Waals surface area contributed by atoms with Crippen molar-refractivity contribution in [3.05, 3.63) is 0 Å². The molecule has 0 aromatic carbocycles. The van der Waals surface area contributed by atoms with Crippen molar-refractivity contribution >= 4 is 6.29 Å². The Morgan fingerprint density at radius 2 is 2.00 bits per heavy atom. The predicted molar refractivity (Wildman–Crippen MR) is 35.0 cm³/mol. The quantitative estimate of drug-likeness (QED) is 0.318. The van der Waals surface area contributed by atoms with Gasteiger partial charge >= 0.3 is 0 Å². The van der Waals surface area contributed by atoms with E-state index in [1.54, 1.807) is 0 Å². The number of aldehydes is 1. The summed E-state index contributed by atoms with van der Waals surface area (Å²) in [5, 5.41) is 36.1. The zero-order valence-electron chi connectivity index (χ0n) is 6.12. The van der Waals surface area contributed by atoms with Gasteiger partial charge in [0.15, 0.2) is 6.29 Å². The molecule has 4 N–H and O–H groups in total. The summed E-state index contributed by atoms with van der Waals surface area (Å²) in [5.74, 6) is -2.40. The maximum Gasteiger partial charge on any atom is 0.253 e. The van der Waals surface area contributed by atoms with Crippen LogP contribution in [0, 0.1) is 0 Å². The van der Waals surface area contributed by atoms with Gasteiger partial charge in [-0.15, -0.1) is 0 Å². The van der Waals surface area contributed by atoms with Gasteiger partial charge in [0.05, 0.1) is 6.61 Å². The number of carbonyl (C=O) groups excluding carboxylic acids is 1. The number of carbonyl (C=O) groups is 1. The van der Waals surface area contributed by atoms with Crippen molar-refractivity contribution in [2.24, 2.45) is 0 Å². The topological polar surface area (TPSA) is 107 Å². The molecule has 0 unspecified atom stereocenters. The lowest BCUT2D eigenvalue weighted by molar-refractivity contribution is -0.297. The van der Waals surface area contributed by atoms with Gasteiger partial charge in [-0.1, -0.05) is 0 Å². The molecule has 12 heavy (non-hydrogen) atoms. The summed E-state index contributed by atoms with van der Waals surface area (Å²) in [4.78, 5) is 10.2. The van der Waals surface area contributed by atoms with Crippen molar-refractivity contribution < 1.29 is 30.0 Å². The zero-order valence-corrected chi connectivity index (χ0v) is 6.12. The van der Waals surface area contributed by atoms with Gasteiger partial charge in [-0.05, 0) is 0 Å². The van der Waals surface area contributed by atoms with E-state index in [9.17, 15) is 4.79 Å². The lowest BCUT2D eigenvalue weighted by Gasteiger charge is -2.37. The molecule has 4 atom stereocenters. The van der Waals surface area contributed by atoms with Crippen LogP contribution in [0.4, 0.5) is 0 Å². The van der Waals surface area contributed by atoms with Crippen LogP contribution in [0.5, 0.6) is 0 Å². The summed E-state index contributed by atoms with van der Waals surface area (Å²) in [7, 11) is 0. The van der Waals surface area contributed by atoms with Crippen molar-refractivity contribution in [3.63, 3.8) is 0 Å². The molecule has 0 radical (unpaired) electrons. The van der Waals surface area contributed by atoms with Gasteiger partial charge in [0, 0.05) is 0 Å². The summed E-state index contributed by atoms with van der Waals surface area (Å²) in [6, 6.07) is 0. The average molecular weight is 178 g/mol. The third-order valence-corrected chi connectivity index (χ3v) is 1.80. The van der Waals surface area contributed by atoms with Gasteiger partial charge in [-0.2, -0.15) is 0 Å². The number of ether oxygens (including phenoxy) is 1. The van der Waals surface area contributed by atoms with E-state index in [4.69, 9.17) is 20.4 Å². The molecule has 0 aromatic rings. The molecule has 0 aliphatic carbocycles. The fourth-order valence-corrected chi connectivity index (χ4v) is 0.962. The highest BCUT2D eigenvalue weighted by molar-refractivity contribution is 5.61. The van der Waals surface area contributed by atoms with E-state index in [2.05, 4.69) is 4.74 Å². The maximum absolute atomic E-state index is 10.2. The highest BCUT2D eigenvalue weighted by Crippen LogP contribution is 2.21. The molecule has 6 heteroatoms. The molecule has 1 saturated heterocycles. The first-order chi connectivity index (χ1) is 5.51. The number of rotatable bonds is 1. The number of hydrogen-bond donors (Lipinski definition) is 4. The van der Waals surface area contributed by atoms with Crippen LogP contribution in [0.15, 0.2) is 0 Å². The molecule has 0 aromatic heterocycles. The minimum Gasteiger partial charge on any atom is -0.388 e. The minimum atomic E-state index is -2.40. The molecule has 1 aliphatic heterocycles. The van der Waals surface area contributed by atoms with E-state index < -0.39 is 30.7 Å². The minimum absolute atomic E-state index is 0.0211. The van der Waals surface area contributed by atoms with Crippen LogP contribution in [-0.2, 0) is 9.53 Å². The van der Waals surface area contributed by atoms with Gasteiger partial charge in [0.2, 0.25) is 0 Å². The third-order valence-electron chi connectivity index (χ3n) is 1.80. The van der Waals surface area contributed by atoms with Crippen molar-refractivity contribution in [3.8, 4) is 0 Å². The molecule has 1 rings (SSSR count). The van der Waals surface area contributed by atoms with Crippen molar-refractivity contribution in [2.75, 3.05) is 6.61 Å².